The average Bonchev–Trinajstić information content (AvgIpc) is 2.95. The zero-order valence-electron chi connectivity index (χ0n) is 12.8. The Balaban J connectivity index is 2.30. The molecule has 2 heterocycles. The van der Waals surface area contributed by atoms with Crippen molar-refractivity contribution < 1.29 is 3.79 Å². The second-order valence-corrected chi connectivity index (χ2v) is 6.06. The van der Waals surface area contributed by atoms with Crippen molar-refractivity contribution >= 4 is 39.1 Å². The van der Waals surface area contributed by atoms with Crippen molar-refractivity contribution in [3.63, 3.8) is 0 Å². The molecule has 0 N–H and O–H groups in total. The largest absolute Gasteiger partial charge is 0.653 e. The summed E-state index contributed by atoms with van der Waals surface area (Å²) in [6.45, 7) is 8.38. The van der Waals surface area contributed by atoms with E-state index in [0.717, 1.165) is 34.9 Å². The van der Waals surface area contributed by atoms with Gasteiger partial charge in [-0.1, -0.05) is 25.1 Å². The summed E-state index contributed by atoms with van der Waals surface area (Å²) in [7, 11) is 0. The molecule has 1 aromatic heterocycles. The first kappa shape index (κ1) is 14.4. The van der Waals surface area contributed by atoms with E-state index in [4.69, 9.17) is 13.9 Å². The molecule has 1 aromatic carbocycles. The van der Waals surface area contributed by atoms with Crippen LogP contribution in [0.4, 0.5) is 0 Å². The third-order valence-electron chi connectivity index (χ3n) is 4.27. The van der Waals surface area contributed by atoms with Crippen molar-refractivity contribution in [1.29, 1.82) is 0 Å². The van der Waals surface area contributed by atoms with Gasteiger partial charge in [-0.15, -0.1) is 0 Å². The van der Waals surface area contributed by atoms with Gasteiger partial charge in [-0.25, -0.2) is 9.67 Å². The summed E-state index contributed by atoms with van der Waals surface area (Å²) in [5, 5.41) is 5.92. The molecule has 0 atom stereocenters. The second kappa shape index (κ2) is 5.01. The summed E-state index contributed by atoms with van der Waals surface area (Å²) < 4.78 is 7.49. The van der Waals surface area contributed by atoms with E-state index in [0.29, 0.717) is 0 Å². The van der Waals surface area contributed by atoms with Crippen LogP contribution in [0.25, 0.3) is 16.7 Å². The third kappa shape index (κ3) is 2.04. The average molecular weight is 295 g/mol. The summed E-state index contributed by atoms with van der Waals surface area (Å²) in [6, 6.07) is 8.25. The summed E-state index contributed by atoms with van der Waals surface area (Å²) in [6.07, 6.45) is 0.893. The van der Waals surface area contributed by atoms with Crippen LogP contribution in [0.5, 0.6) is 0 Å². The fourth-order valence-corrected chi connectivity index (χ4v) is 3.09. The number of aryl methyl sites for hydroxylation is 1. The van der Waals surface area contributed by atoms with E-state index in [-0.39, 0.29) is 5.41 Å². The summed E-state index contributed by atoms with van der Waals surface area (Å²) >= 11 is 2.34. The van der Waals surface area contributed by atoms with Crippen molar-refractivity contribution in [2.24, 2.45) is 10.4 Å². The molecule has 5 heteroatoms. The number of hydrogen-bond donors (Lipinski definition) is 0. The van der Waals surface area contributed by atoms with Crippen molar-refractivity contribution in [1.82, 2.24) is 9.78 Å². The molecule has 2 aromatic rings. The van der Waals surface area contributed by atoms with Crippen LogP contribution >= 0.6 is 0 Å². The molecule has 1 aliphatic rings. The molecule has 4 nitrogen and oxygen atoms in total. The van der Waals surface area contributed by atoms with Gasteiger partial charge in [0.1, 0.15) is 5.76 Å². The molecule has 0 fully saturated rings. The smallest absolute Gasteiger partial charge is 0.481 e. The fraction of sp³-hybridized carbons (Fsp3) is 0.375. The normalized spacial score (nSPS) is 17.4. The number of aliphatic imine (C=N–C) groups is 1. The van der Waals surface area contributed by atoms with Gasteiger partial charge < -0.3 is 3.79 Å². The SMILES string of the molecule is CCc1nn(C2=C([O][Al])C(C)(C)C(C)=N2)c2ccccc12. The minimum absolute atomic E-state index is 0.212. The number of aromatic nitrogens is 2. The highest BCUT2D eigenvalue weighted by Crippen LogP contribution is 2.40. The standard InChI is InChI=1S/C16H19N3O.Al/c1-5-12-11-8-6-7-9-13(11)19(18-12)15-14(20)16(3,4)10(2)17-15;/h6-9,20H,5H2,1-4H3;/q;+1/p-1. The highest BCUT2D eigenvalue weighted by Gasteiger charge is 2.36. The Labute approximate surface area is 133 Å². The van der Waals surface area contributed by atoms with Crippen molar-refractivity contribution in [2.75, 3.05) is 0 Å². The zero-order valence-corrected chi connectivity index (χ0v) is 14.0. The van der Waals surface area contributed by atoms with Crippen LogP contribution in [0.2, 0.25) is 0 Å². The number of fused-ring (bicyclic) bond motifs is 1. The van der Waals surface area contributed by atoms with Gasteiger partial charge in [0.2, 0.25) is 0 Å². The van der Waals surface area contributed by atoms with Gasteiger partial charge in [0.15, 0.2) is 5.82 Å². The van der Waals surface area contributed by atoms with Gasteiger partial charge in [-0.3, -0.25) is 0 Å². The van der Waals surface area contributed by atoms with Gasteiger partial charge in [-0.05, 0) is 33.3 Å². The Morgan fingerprint density at radius 3 is 2.67 bits per heavy atom. The predicted molar refractivity (Wildman–Crippen MR) is 86.1 cm³/mol. The fourth-order valence-electron chi connectivity index (χ4n) is 2.69. The molecular weight excluding hydrogens is 277 g/mol. The van der Waals surface area contributed by atoms with Crippen LogP contribution in [0.1, 0.15) is 33.4 Å². The van der Waals surface area contributed by atoms with Gasteiger partial charge in [0.25, 0.3) is 0 Å². The maximum Gasteiger partial charge on any atom is 0.481 e. The number of para-hydroxylation sites is 1. The second-order valence-electron chi connectivity index (χ2n) is 5.82. The Bertz CT molecular complexity index is 771. The number of hydrogen-bond acceptors (Lipinski definition) is 3. The Hall–Kier alpha value is -1.57. The quantitative estimate of drug-likeness (QED) is 0.815. The Kier molecular flexibility index (Phi) is 3.43. The molecular formula is C16H18AlN3O. The van der Waals surface area contributed by atoms with E-state index in [9.17, 15) is 0 Å². The lowest BCUT2D eigenvalue weighted by atomic mass is 9.88. The van der Waals surface area contributed by atoms with E-state index in [1.165, 1.54) is 5.39 Å². The summed E-state index contributed by atoms with van der Waals surface area (Å²) in [5.74, 6) is 1.62. The molecule has 0 spiro atoms. The van der Waals surface area contributed by atoms with Gasteiger partial charge in [-0.2, -0.15) is 5.10 Å². The Morgan fingerprint density at radius 1 is 1.29 bits per heavy atom. The maximum absolute atomic E-state index is 5.58. The van der Waals surface area contributed by atoms with Crippen LogP contribution in [0.15, 0.2) is 35.0 Å². The lowest BCUT2D eigenvalue weighted by Crippen LogP contribution is -2.22. The highest BCUT2D eigenvalue weighted by molar-refractivity contribution is 6.03. The van der Waals surface area contributed by atoms with Crippen LogP contribution in [-0.2, 0) is 10.2 Å². The highest BCUT2D eigenvalue weighted by atomic mass is 27.1. The molecule has 2 radical (unpaired) electrons. The first-order chi connectivity index (χ1) is 10.0. The van der Waals surface area contributed by atoms with E-state index < -0.39 is 0 Å². The minimum atomic E-state index is -0.212. The number of benzene rings is 1. The number of rotatable bonds is 3. The molecule has 0 bridgehead atoms. The Morgan fingerprint density at radius 2 is 2.00 bits per heavy atom. The van der Waals surface area contributed by atoms with Crippen LogP contribution in [-0.4, -0.2) is 32.1 Å². The van der Waals surface area contributed by atoms with Crippen LogP contribution in [0, 0.1) is 5.41 Å². The van der Waals surface area contributed by atoms with Crippen LogP contribution in [0.3, 0.4) is 0 Å². The van der Waals surface area contributed by atoms with Gasteiger partial charge >= 0.3 is 16.6 Å². The molecule has 21 heavy (non-hydrogen) atoms. The predicted octanol–water partition coefficient (Wildman–Crippen LogP) is 3.33. The summed E-state index contributed by atoms with van der Waals surface area (Å²) in [5.41, 5.74) is 2.97. The summed E-state index contributed by atoms with van der Waals surface area (Å²) in [4.78, 5) is 4.72. The minimum Gasteiger partial charge on any atom is -0.653 e. The topological polar surface area (TPSA) is 39.4 Å². The van der Waals surface area contributed by atoms with Gasteiger partial charge in [0.05, 0.1) is 16.6 Å². The molecule has 3 rings (SSSR count). The number of allylic oxidation sites excluding steroid dienone is 1. The van der Waals surface area contributed by atoms with Crippen LogP contribution < -0.4 is 0 Å². The molecule has 0 amide bonds. The molecule has 1 aliphatic heterocycles. The van der Waals surface area contributed by atoms with E-state index in [1.54, 1.807) is 0 Å². The third-order valence-corrected chi connectivity index (χ3v) is 4.50. The molecule has 0 saturated heterocycles. The van der Waals surface area contributed by atoms with E-state index >= 15 is 0 Å². The molecule has 0 unspecified atom stereocenters. The van der Waals surface area contributed by atoms with Crippen molar-refractivity contribution in [3.8, 4) is 0 Å². The maximum atomic E-state index is 5.58. The van der Waals surface area contributed by atoms with Crippen molar-refractivity contribution in [2.45, 2.75) is 34.1 Å². The molecule has 0 aliphatic carbocycles. The molecule has 0 saturated carbocycles. The van der Waals surface area contributed by atoms with Gasteiger partial charge in [0, 0.05) is 11.1 Å². The lowest BCUT2D eigenvalue weighted by molar-refractivity contribution is 0.365. The van der Waals surface area contributed by atoms with E-state index in [1.807, 2.05) is 23.7 Å². The monoisotopic (exact) mass is 295 g/mol. The first-order valence-electron chi connectivity index (χ1n) is 7.15. The van der Waals surface area contributed by atoms with E-state index in [2.05, 4.69) is 49.5 Å². The lowest BCUT2D eigenvalue weighted by Gasteiger charge is -2.23. The number of nitrogens with zero attached hydrogens (tertiary/aromatic N) is 3. The van der Waals surface area contributed by atoms with Crippen molar-refractivity contribution in [3.05, 3.63) is 35.7 Å². The molecule has 106 valence electrons. The first-order valence-corrected chi connectivity index (χ1v) is 7.62. The zero-order chi connectivity index (χ0) is 15.2.